The van der Waals surface area contributed by atoms with Crippen LogP contribution in [0.4, 0.5) is 0 Å². The first-order valence-corrected chi connectivity index (χ1v) is 7.85. The molecule has 1 aliphatic carbocycles. The van der Waals surface area contributed by atoms with Gasteiger partial charge >= 0.3 is 0 Å². The Morgan fingerprint density at radius 1 is 1.20 bits per heavy atom. The molecule has 0 bridgehead atoms. The van der Waals surface area contributed by atoms with Gasteiger partial charge in [-0.3, -0.25) is 9.80 Å². The van der Waals surface area contributed by atoms with E-state index in [4.69, 9.17) is 0 Å². The van der Waals surface area contributed by atoms with Crippen LogP contribution >= 0.6 is 0 Å². The second kappa shape index (κ2) is 6.24. The van der Waals surface area contributed by atoms with Gasteiger partial charge in [-0.15, -0.1) is 0 Å². The minimum atomic E-state index is -0.107. The van der Waals surface area contributed by atoms with Gasteiger partial charge < -0.3 is 9.67 Å². The highest BCUT2D eigenvalue weighted by Crippen LogP contribution is 2.24. The van der Waals surface area contributed by atoms with Crippen LogP contribution in [0.5, 0.6) is 0 Å². The number of aliphatic hydroxyl groups excluding tert-OH is 1. The topological polar surface area (TPSA) is 44.5 Å². The van der Waals surface area contributed by atoms with Crippen LogP contribution in [0.3, 0.4) is 0 Å². The maximum absolute atomic E-state index is 10.2. The van der Waals surface area contributed by atoms with Crippen molar-refractivity contribution in [3.63, 3.8) is 0 Å². The smallest absolute Gasteiger partial charge is 0.122 e. The number of hydrogen-bond acceptors (Lipinski definition) is 4. The van der Waals surface area contributed by atoms with Gasteiger partial charge in [-0.2, -0.15) is 0 Å². The molecule has 1 saturated carbocycles. The van der Waals surface area contributed by atoms with Crippen molar-refractivity contribution in [2.45, 2.75) is 44.4 Å². The lowest BCUT2D eigenvalue weighted by Gasteiger charge is -2.42. The summed E-state index contributed by atoms with van der Waals surface area (Å²) in [5.74, 6) is 1.14. The number of aryl methyl sites for hydroxylation is 1. The molecule has 1 aliphatic heterocycles. The molecule has 0 aromatic carbocycles. The van der Waals surface area contributed by atoms with E-state index in [-0.39, 0.29) is 6.10 Å². The summed E-state index contributed by atoms with van der Waals surface area (Å²) in [6.07, 6.45) is 8.38. The minimum Gasteiger partial charge on any atom is -0.391 e. The number of hydrogen-bond donors (Lipinski definition) is 1. The average Bonchev–Trinajstić information content (AvgIpc) is 2.86. The Bertz CT molecular complexity index is 425. The van der Waals surface area contributed by atoms with Crippen molar-refractivity contribution in [3.8, 4) is 0 Å². The summed E-state index contributed by atoms with van der Waals surface area (Å²) >= 11 is 0. The molecule has 1 saturated heterocycles. The Kier molecular flexibility index (Phi) is 4.38. The molecule has 112 valence electrons. The molecule has 0 radical (unpaired) electrons. The van der Waals surface area contributed by atoms with E-state index in [2.05, 4.69) is 26.4 Å². The summed E-state index contributed by atoms with van der Waals surface area (Å²) < 4.78 is 2.09. The summed E-state index contributed by atoms with van der Waals surface area (Å²) in [5.41, 5.74) is 0. The van der Waals surface area contributed by atoms with Gasteiger partial charge in [0.1, 0.15) is 5.82 Å². The van der Waals surface area contributed by atoms with E-state index < -0.39 is 0 Å². The Morgan fingerprint density at radius 2 is 1.95 bits per heavy atom. The number of piperazine rings is 1. The highest BCUT2D eigenvalue weighted by Gasteiger charge is 2.30. The number of aliphatic hydroxyl groups is 1. The maximum atomic E-state index is 10.2. The SMILES string of the molecule is Cn1ccnc1CN1CCN(C2CCCCC2O)CC1. The largest absolute Gasteiger partial charge is 0.391 e. The highest BCUT2D eigenvalue weighted by atomic mass is 16.3. The Balaban J connectivity index is 1.50. The summed E-state index contributed by atoms with van der Waals surface area (Å²) in [6.45, 7) is 5.25. The van der Waals surface area contributed by atoms with Crippen molar-refractivity contribution in [1.29, 1.82) is 0 Å². The molecule has 5 nitrogen and oxygen atoms in total. The number of imidazole rings is 1. The fourth-order valence-electron chi connectivity index (χ4n) is 3.52. The molecule has 2 aliphatic rings. The number of rotatable bonds is 3. The molecule has 1 N–H and O–H groups in total. The van der Waals surface area contributed by atoms with Crippen molar-refractivity contribution in [2.24, 2.45) is 7.05 Å². The van der Waals surface area contributed by atoms with Gasteiger partial charge in [0.2, 0.25) is 0 Å². The lowest BCUT2D eigenvalue weighted by Crippen LogP contribution is -2.54. The van der Waals surface area contributed by atoms with Crippen LogP contribution in [-0.2, 0) is 13.6 Å². The van der Waals surface area contributed by atoms with Crippen LogP contribution in [0.1, 0.15) is 31.5 Å². The van der Waals surface area contributed by atoms with Crippen LogP contribution < -0.4 is 0 Å². The van der Waals surface area contributed by atoms with E-state index in [0.29, 0.717) is 6.04 Å². The van der Waals surface area contributed by atoms with Crippen LogP contribution in [0.2, 0.25) is 0 Å². The van der Waals surface area contributed by atoms with Gasteiger partial charge in [-0.1, -0.05) is 12.8 Å². The molecule has 20 heavy (non-hydrogen) atoms. The molecule has 2 unspecified atom stereocenters. The zero-order valence-corrected chi connectivity index (χ0v) is 12.4. The van der Waals surface area contributed by atoms with Gasteiger partial charge in [-0.05, 0) is 12.8 Å². The molecule has 2 atom stereocenters. The molecule has 2 fully saturated rings. The van der Waals surface area contributed by atoms with Crippen molar-refractivity contribution >= 4 is 0 Å². The third-order valence-electron chi connectivity index (χ3n) is 4.86. The maximum Gasteiger partial charge on any atom is 0.122 e. The fraction of sp³-hybridized carbons (Fsp3) is 0.800. The average molecular weight is 278 g/mol. The van der Waals surface area contributed by atoms with Crippen molar-refractivity contribution in [3.05, 3.63) is 18.2 Å². The quantitative estimate of drug-likeness (QED) is 0.890. The zero-order valence-electron chi connectivity index (χ0n) is 12.4. The van der Waals surface area contributed by atoms with Crippen LogP contribution in [0.25, 0.3) is 0 Å². The Hall–Kier alpha value is -0.910. The lowest BCUT2D eigenvalue weighted by atomic mass is 9.91. The molecule has 5 heteroatoms. The van der Waals surface area contributed by atoms with Crippen molar-refractivity contribution in [2.75, 3.05) is 26.2 Å². The minimum absolute atomic E-state index is 0.107. The molecule has 1 aromatic rings. The fourth-order valence-corrected chi connectivity index (χ4v) is 3.52. The van der Waals surface area contributed by atoms with Crippen molar-refractivity contribution < 1.29 is 5.11 Å². The van der Waals surface area contributed by atoms with Gasteiger partial charge in [0.05, 0.1) is 12.6 Å². The monoisotopic (exact) mass is 278 g/mol. The normalized spacial score (nSPS) is 29.7. The van der Waals surface area contributed by atoms with Gasteiger partial charge in [0.15, 0.2) is 0 Å². The van der Waals surface area contributed by atoms with E-state index >= 15 is 0 Å². The van der Waals surface area contributed by atoms with E-state index in [9.17, 15) is 5.11 Å². The first kappa shape index (κ1) is 14.0. The molecule has 3 rings (SSSR count). The molecular formula is C15H26N4O. The first-order valence-electron chi connectivity index (χ1n) is 7.85. The molecule has 1 aromatic heterocycles. The summed E-state index contributed by atoms with van der Waals surface area (Å²) in [6, 6.07) is 0.402. The summed E-state index contributed by atoms with van der Waals surface area (Å²) in [4.78, 5) is 9.36. The lowest BCUT2D eigenvalue weighted by molar-refractivity contribution is -0.00517. The summed E-state index contributed by atoms with van der Waals surface area (Å²) in [7, 11) is 2.05. The predicted molar refractivity (Wildman–Crippen MR) is 78.3 cm³/mol. The van der Waals surface area contributed by atoms with Crippen molar-refractivity contribution in [1.82, 2.24) is 19.4 Å². The predicted octanol–water partition coefficient (Wildman–Crippen LogP) is 0.841. The van der Waals surface area contributed by atoms with Gasteiger partial charge in [-0.25, -0.2) is 4.98 Å². The molecular weight excluding hydrogens is 252 g/mol. The molecule has 0 spiro atoms. The second-order valence-corrected chi connectivity index (χ2v) is 6.19. The van der Waals surface area contributed by atoms with E-state index in [0.717, 1.165) is 45.0 Å². The Labute approximate surface area is 121 Å². The van der Waals surface area contributed by atoms with Gasteiger partial charge in [0.25, 0.3) is 0 Å². The standard InChI is InChI=1S/C15H26N4O/c1-17-7-6-16-15(17)12-18-8-10-19(11-9-18)13-4-2-3-5-14(13)20/h6-7,13-14,20H,2-5,8-12H2,1H3. The molecule has 2 heterocycles. The third kappa shape index (κ3) is 3.05. The third-order valence-corrected chi connectivity index (χ3v) is 4.86. The first-order chi connectivity index (χ1) is 9.74. The zero-order chi connectivity index (χ0) is 13.9. The number of nitrogens with zero attached hydrogens (tertiary/aromatic N) is 4. The second-order valence-electron chi connectivity index (χ2n) is 6.19. The number of aromatic nitrogens is 2. The van der Waals surface area contributed by atoms with E-state index in [1.807, 2.05) is 12.4 Å². The van der Waals surface area contributed by atoms with E-state index in [1.54, 1.807) is 0 Å². The van der Waals surface area contributed by atoms with Crippen LogP contribution in [-0.4, -0.2) is 62.8 Å². The summed E-state index contributed by atoms with van der Waals surface area (Å²) in [5, 5.41) is 10.2. The molecule has 0 amide bonds. The van der Waals surface area contributed by atoms with Crippen LogP contribution in [0, 0.1) is 0 Å². The Morgan fingerprint density at radius 3 is 2.60 bits per heavy atom. The van der Waals surface area contributed by atoms with E-state index in [1.165, 1.54) is 19.3 Å². The highest BCUT2D eigenvalue weighted by molar-refractivity contribution is 4.92. The van der Waals surface area contributed by atoms with Crippen LogP contribution in [0.15, 0.2) is 12.4 Å². The van der Waals surface area contributed by atoms with Gasteiger partial charge in [0, 0.05) is 51.7 Å².